The second kappa shape index (κ2) is 6.37. The second-order valence-electron chi connectivity index (χ2n) is 5.75. The first-order valence-corrected chi connectivity index (χ1v) is 7.32. The summed E-state index contributed by atoms with van der Waals surface area (Å²) in [6.07, 6.45) is 1.47. The van der Waals surface area contributed by atoms with E-state index in [1.165, 1.54) is 0 Å². The molecule has 4 nitrogen and oxygen atoms in total. The van der Waals surface area contributed by atoms with Crippen molar-refractivity contribution in [2.75, 3.05) is 31.1 Å². The smallest absolute Gasteiger partial charge is 0.241 e. The van der Waals surface area contributed by atoms with E-state index >= 15 is 0 Å². The van der Waals surface area contributed by atoms with Gasteiger partial charge >= 0.3 is 0 Å². The Labute approximate surface area is 121 Å². The van der Waals surface area contributed by atoms with Crippen LogP contribution in [0.1, 0.15) is 26.7 Å². The average molecular weight is 276 g/mol. The molecule has 0 atom stereocenters. The SMILES string of the molecule is CCN(C(=O)CN1CCC(C)(O)CC1)c1ccccc1. The average Bonchev–Trinajstić information content (AvgIpc) is 2.43. The molecule has 1 fully saturated rings. The topological polar surface area (TPSA) is 43.8 Å². The normalized spacial score (nSPS) is 18.8. The number of carbonyl (C=O) groups excluding carboxylic acids is 1. The Balaban J connectivity index is 1.94. The lowest BCUT2D eigenvalue weighted by atomic mass is 9.94. The maximum Gasteiger partial charge on any atom is 0.241 e. The summed E-state index contributed by atoms with van der Waals surface area (Å²) in [6.45, 7) is 6.53. The van der Waals surface area contributed by atoms with Crippen molar-refractivity contribution in [3.63, 3.8) is 0 Å². The van der Waals surface area contributed by atoms with Crippen molar-refractivity contribution in [3.8, 4) is 0 Å². The first kappa shape index (κ1) is 15.0. The van der Waals surface area contributed by atoms with Gasteiger partial charge in [-0.1, -0.05) is 18.2 Å². The zero-order chi connectivity index (χ0) is 14.6. The summed E-state index contributed by atoms with van der Waals surface area (Å²) in [5, 5.41) is 9.94. The zero-order valence-electron chi connectivity index (χ0n) is 12.4. The Morgan fingerprint density at radius 1 is 1.30 bits per heavy atom. The molecule has 0 bridgehead atoms. The lowest BCUT2D eigenvalue weighted by Crippen LogP contribution is -2.47. The van der Waals surface area contributed by atoms with E-state index in [0.717, 1.165) is 31.6 Å². The molecular formula is C16H24N2O2. The molecule has 1 N–H and O–H groups in total. The van der Waals surface area contributed by atoms with E-state index in [2.05, 4.69) is 4.90 Å². The second-order valence-corrected chi connectivity index (χ2v) is 5.75. The van der Waals surface area contributed by atoms with Crippen molar-refractivity contribution in [2.24, 2.45) is 0 Å². The molecule has 1 aliphatic rings. The fourth-order valence-electron chi connectivity index (χ4n) is 2.58. The molecule has 0 saturated carbocycles. The van der Waals surface area contributed by atoms with Crippen molar-refractivity contribution in [3.05, 3.63) is 30.3 Å². The van der Waals surface area contributed by atoms with E-state index in [9.17, 15) is 9.90 Å². The monoisotopic (exact) mass is 276 g/mol. The van der Waals surface area contributed by atoms with E-state index < -0.39 is 5.60 Å². The highest BCUT2D eigenvalue weighted by molar-refractivity contribution is 5.94. The van der Waals surface area contributed by atoms with Crippen LogP contribution in [0.25, 0.3) is 0 Å². The van der Waals surface area contributed by atoms with Gasteiger partial charge in [0.05, 0.1) is 12.1 Å². The van der Waals surface area contributed by atoms with Gasteiger partial charge in [0.25, 0.3) is 0 Å². The first-order chi connectivity index (χ1) is 9.52. The zero-order valence-corrected chi connectivity index (χ0v) is 12.4. The van der Waals surface area contributed by atoms with E-state index in [-0.39, 0.29) is 5.91 Å². The van der Waals surface area contributed by atoms with E-state index in [1.54, 1.807) is 0 Å². The standard InChI is InChI=1S/C16H24N2O2/c1-3-18(14-7-5-4-6-8-14)15(19)13-17-11-9-16(2,20)10-12-17/h4-8,20H,3,9-13H2,1-2H3. The lowest BCUT2D eigenvalue weighted by molar-refractivity contribution is -0.120. The van der Waals surface area contributed by atoms with Crippen LogP contribution in [0.5, 0.6) is 0 Å². The number of likely N-dealkylation sites (N-methyl/N-ethyl adjacent to an activating group) is 1. The molecule has 2 rings (SSSR count). The number of para-hydroxylation sites is 1. The Morgan fingerprint density at radius 2 is 1.90 bits per heavy atom. The molecular weight excluding hydrogens is 252 g/mol. The Kier molecular flexibility index (Phi) is 4.78. The van der Waals surface area contributed by atoms with Gasteiger partial charge < -0.3 is 10.0 Å². The number of benzene rings is 1. The third kappa shape index (κ3) is 3.81. The Bertz CT molecular complexity index is 435. The van der Waals surface area contributed by atoms with Gasteiger partial charge in [-0.15, -0.1) is 0 Å². The van der Waals surface area contributed by atoms with Crippen molar-refractivity contribution < 1.29 is 9.90 Å². The summed E-state index contributed by atoms with van der Waals surface area (Å²) in [5.74, 6) is 0.125. The van der Waals surface area contributed by atoms with Crippen LogP contribution in [0.2, 0.25) is 0 Å². The fourth-order valence-corrected chi connectivity index (χ4v) is 2.58. The summed E-state index contributed by atoms with van der Waals surface area (Å²) in [6, 6.07) is 9.77. The molecule has 1 aliphatic heterocycles. The van der Waals surface area contributed by atoms with E-state index in [0.29, 0.717) is 13.1 Å². The van der Waals surface area contributed by atoms with Gasteiger partial charge in [-0.3, -0.25) is 9.69 Å². The van der Waals surface area contributed by atoms with Crippen LogP contribution < -0.4 is 4.90 Å². The highest BCUT2D eigenvalue weighted by Crippen LogP contribution is 2.21. The van der Waals surface area contributed by atoms with Crippen LogP contribution >= 0.6 is 0 Å². The van der Waals surface area contributed by atoms with Gasteiger partial charge in [-0.25, -0.2) is 0 Å². The van der Waals surface area contributed by atoms with E-state index in [1.807, 2.05) is 49.1 Å². The number of rotatable bonds is 4. The Hall–Kier alpha value is -1.39. The number of piperidine rings is 1. The quantitative estimate of drug-likeness (QED) is 0.913. The highest BCUT2D eigenvalue weighted by atomic mass is 16.3. The molecule has 0 radical (unpaired) electrons. The van der Waals surface area contributed by atoms with Crippen LogP contribution in [0.3, 0.4) is 0 Å². The predicted molar refractivity (Wildman–Crippen MR) is 80.8 cm³/mol. The number of aliphatic hydroxyl groups is 1. The largest absolute Gasteiger partial charge is 0.390 e. The molecule has 1 aromatic rings. The molecule has 0 spiro atoms. The molecule has 110 valence electrons. The minimum absolute atomic E-state index is 0.125. The molecule has 1 heterocycles. The number of hydrogen-bond acceptors (Lipinski definition) is 3. The van der Waals surface area contributed by atoms with Gasteiger partial charge in [0, 0.05) is 25.3 Å². The number of amides is 1. The summed E-state index contributed by atoms with van der Waals surface area (Å²) >= 11 is 0. The van der Waals surface area contributed by atoms with Gasteiger partial charge in [-0.2, -0.15) is 0 Å². The molecule has 0 aromatic heterocycles. The predicted octanol–water partition coefficient (Wildman–Crippen LogP) is 1.89. The van der Waals surface area contributed by atoms with Crippen LogP contribution in [-0.2, 0) is 4.79 Å². The highest BCUT2D eigenvalue weighted by Gasteiger charge is 2.28. The number of likely N-dealkylation sites (tertiary alicyclic amines) is 1. The number of nitrogens with zero attached hydrogens (tertiary/aromatic N) is 2. The summed E-state index contributed by atoms with van der Waals surface area (Å²) in [7, 11) is 0. The van der Waals surface area contributed by atoms with Crippen molar-refractivity contribution in [1.82, 2.24) is 4.90 Å². The molecule has 4 heteroatoms. The summed E-state index contributed by atoms with van der Waals surface area (Å²) < 4.78 is 0. The molecule has 20 heavy (non-hydrogen) atoms. The molecule has 1 aromatic carbocycles. The van der Waals surface area contributed by atoms with Crippen molar-refractivity contribution >= 4 is 11.6 Å². The van der Waals surface area contributed by atoms with Crippen LogP contribution in [0, 0.1) is 0 Å². The molecule has 0 unspecified atom stereocenters. The first-order valence-electron chi connectivity index (χ1n) is 7.32. The molecule has 1 amide bonds. The lowest BCUT2D eigenvalue weighted by Gasteiger charge is -2.36. The number of anilines is 1. The Morgan fingerprint density at radius 3 is 2.45 bits per heavy atom. The van der Waals surface area contributed by atoms with Crippen LogP contribution in [0.15, 0.2) is 30.3 Å². The van der Waals surface area contributed by atoms with Gasteiger partial charge in [0.15, 0.2) is 0 Å². The maximum absolute atomic E-state index is 12.4. The summed E-state index contributed by atoms with van der Waals surface area (Å²) in [4.78, 5) is 16.4. The molecule has 0 aliphatic carbocycles. The van der Waals surface area contributed by atoms with Gasteiger partial charge in [0.1, 0.15) is 0 Å². The number of hydrogen-bond donors (Lipinski definition) is 1. The minimum Gasteiger partial charge on any atom is -0.390 e. The van der Waals surface area contributed by atoms with E-state index in [4.69, 9.17) is 0 Å². The van der Waals surface area contributed by atoms with Crippen molar-refractivity contribution in [2.45, 2.75) is 32.3 Å². The van der Waals surface area contributed by atoms with Crippen molar-refractivity contribution in [1.29, 1.82) is 0 Å². The maximum atomic E-state index is 12.4. The van der Waals surface area contributed by atoms with Gasteiger partial charge in [0.2, 0.25) is 5.91 Å². The minimum atomic E-state index is -0.566. The fraction of sp³-hybridized carbons (Fsp3) is 0.562. The number of carbonyl (C=O) groups is 1. The third-order valence-corrected chi connectivity index (χ3v) is 3.98. The van der Waals surface area contributed by atoms with Crippen LogP contribution in [0.4, 0.5) is 5.69 Å². The summed E-state index contributed by atoms with van der Waals surface area (Å²) in [5.41, 5.74) is 0.382. The molecule has 1 saturated heterocycles. The van der Waals surface area contributed by atoms with Gasteiger partial charge in [-0.05, 0) is 38.8 Å². The third-order valence-electron chi connectivity index (χ3n) is 3.98. The van der Waals surface area contributed by atoms with Crippen LogP contribution in [-0.4, -0.2) is 47.7 Å².